The molecule has 3 aliphatic rings. The lowest BCUT2D eigenvalue weighted by atomic mass is 9.79. The number of ether oxygens (including phenoxy) is 1. The quantitative estimate of drug-likeness (QED) is 0.651. The average Bonchev–Trinajstić information content (AvgIpc) is 3.10. The van der Waals surface area contributed by atoms with E-state index in [2.05, 4.69) is 39.8 Å². The van der Waals surface area contributed by atoms with Gasteiger partial charge in [-0.3, -0.25) is 9.59 Å². The number of carbonyl (C=O) groups excluding carboxylic acids is 2. The maximum absolute atomic E-state index is 13.0. The maximum atomic E-state index is 13.0. The molecule has 4 nitrogen and oxygen atoms in total. The van der Waals surface area contributed by atoms with Crippen LogP contribution in [0.25, 0.3) is 5.57 Å². The van der Waals surface area contributed by atoms with Crippen LogP contribution in [0.5, 0.6) is 0 Å². The van der Waals surface area contributed by atoms with Crippen LogP contribution in [0.1, 0.15) is 65.1 Å². The number of imide groups is 1. The minimum absolute atomic E-state index is 0.243. The molecule has 2 aromatic carbocycles. The predicted octanol–water partition coefficient (Wildman–Crippen LogP) is 4.94. The Hall–Kier alpha value is -2.72. The third-order valence-electron chi connectivity index (χ3n) is 6.44. The van der Waals surface area contributed by atoms with Gasteiger partial charge < -0.3 is 4.74 Å². The Morgan fingerprint density at radius 3 is 2.21 bits per heavy atom. The fourth-order valence-corrected chi connectivity index (χ4v) is 5.30. The Labute approximate surface area is 171 Å². The zero-order chi connectivity index (χ0) is 20.7. The van der Waals surface area contributed by atoms with Crippen LogP contribution in [-0.4, -0.2) is 23.0 Å². The molecule has 2 heterocycles. The van der Waals surface area contributed by atoms with Crippen LogP contribution in [0.15, 0.2) is 42.5 Å². The van der Waals surface area contributed by atoms with Gasteiger partial charge in [-0.1, -0.05) is 12.1 Å². The molecule has 0 aromatic heterocycles. The third-order valence-corrected chi connectivity index (χ3v) is 6.44. The van der Waals surface area contributed by atoms with Crippen molar-refractivity contribution in [3.8, 4) is 0 Å². The molecule has 0 saturated heterocycles. The van der Waals surface area contributed by atoms with Crippen molar-refractivity contribution in [2.75, 3.05) is 4.90 Å². The summed E-state index contributed by atoms with van der Waals surface area (Å²) in [5.74, 6) is -0.219. The number of hydrogen-bond acceptors (Lipinski definition) is 3. The van der Waals surface area contributed by atoms with E-state index in [0.717, 1.165) is 12.0 Å². The molecule has 0 spiro atoms. The first-order chi connectivity index (χ1) is 13.6. The van der Waals surface area contributed by atoms with Crippen LogP contribution in [0.2, 0.25) is 0 Å². The van der Waals surface area contributed by atoms with Crippen molar-refractivity contribution in [1.29, 1.82) is 0 Å². The second-order valence-electron chi connectivity index (χ2n) is 9.45. The molecular formula is C25H25NO3. The summed E-state index contributed by atoms with van der Waals surface area (Å²) in [6.45, 7) is 10.5. The second kappa shape index (κ2) is 5.67. The number of benzene rings is 2. The highest BCUT2D eigenvalue weighted by atomic mass is 16.5. The molecule has 0 saturated carbocycles. The molecule has 29 heavy (non-hydrogen) atoms. The summed E-state index contributed by atoms with van der Waals surface area (Å²) >= 11 is 0. The van der Waals surface area contributed by atoms with Gasteiger partial charge in [0.25, 0.3) is 11.8 Å². The highest BCUT2D eigenvalue weighted by Gasteiger charge is 2.46. The van der Waals surface area contributed by atoms with Crippen molar-refractivity contribution in [2.24, 2.45) is 5.92 Å². The van der Waals surface area contributed by atoms with E-state index < -0.39 is 0 Å². The Morgan fingerprint density at radius 2 is 1.59 bits per heavy atom. The molecule has 5 rings (SSSR count). The van der Waals surface area contributed by atoms with Crippen LogP contribution in [0.4, 0.5) is 5.69 Å². The van der Waals surface area contributed by atoms with Crippen molar-refractivity contribution >= 4 is 23.1 Å². The summed E-state index contributed by atoms with van der Waals surface area (Å²) in [5, 5.41) is 0. The summed E-state index contributed by atoms with van der Waals surface area (Å²) in [6, 6.07) is 11.2. The lowest BCUT2D eigenvalue weighted by molar-refractivity contribution is -0.123. The molecule has 148 valence electrons. The Kier molecular flexibility index (Phi) is 3.58. The lowest BCUT2D eigenvalue weighted by Gasteiger charge is -2.44. The SMILES string of the molecule is Cc1cc2c(cc1N1C(=O)c3ccccc3C1=O)C[C@H]1C2=CC(C)(C)OC1(C)C. The van der Waals surface area contributed by atoms with Crippen molar-refractivity contribution in [2.45, 2.75) is 52.2 Å². The van der Waals surface area contributed by atoms with E-state index >= 15 is 0 Å². The number of hydrogen-bond donors (Lipinski definition) is 0. The van der Waals surface area contributed by atoms with Gasteiger partial charge in [0, 0.05) is 5.92 Å². The molecule has 0 unspecified atom stereocenters. The number of amides is 2. The highest BCUT2D eigenvalue weighted by molar-refractivity contribution is 6.34. The van der Waals surface area contributed by atoms with Crippen molar-refractivity contribution in [3.05, 3.63) is 70.3 Å². The largest absolute Gasteiger partial charge is 0.365 e. The lowest BCUT2D eigenvalue weighted by Crippen LogP contribution is -2.45. The molecule has 1 atom stereocenters. The van der Waals surface area contributed by atoms with Gasteiger partial charge in [-0.25, -0.2) is 4.90 Å². The summed E-state index contributed by atoms with van der Waals surface area (Å²) in [6.07, 6.45) is 3.08. The fraction of sp³-hybridized carbons (Fsp3) is 0.360. The minimum Gasteiger partial charge on any atom is -0.365 e. The molecule has 0 radical (unpaired) electrons. The third kappa shape index (κ3) is 2.55. The highest BCUT2D eigenvalue weighted by Crippen LogP contribution is 2.51. The number of carbonyl (C=O) groups is 2. The minimum atomic E-state index is -0.327. The van der Waals surface area contributed by atoms with E-state index in [1.165, 1.54) is 21.6 Å². The van der Waals surface area contributed by atoms with Gasteiger partial charge >= 0.3 is 0 Å². The van der Waals surface area contributed by atoms with Gasteiger partial charge in [0.1, 0.15) is 0 Å². The smallest absolute Gasteiger partial charge is 0.266 e. The number of fused-ring (bicyclic) bond motifs is 4. The summed E-state index contributed by atoms with van der Waals surface area (Å²) < 4.78 is 6.35. The van der Waals surface area contributed by atoms with Crippen LogP contribution in [-0.2, 0) is 11.2 Å². The first-order valence-corrected chi connectivity index (χ1v) is 10.1. The number of anilines is 1. The first-order valence-electron chi connectivity index (χ1n) is 10.1. The van der Waals surface area contributed by atoms with E-state index in [0.29, 0.717) is 16.8 Å². The summed E-state index contributed by atoms with van der Waals surface area (Å²) in [5.41, 5.74) is 5.68. The van der Waals surface area contributed by atoms with Crippen LogP contribution in [0, 0.1) is 12.8 Å². The molecule has 4 heteroatoms. The molecule has 1 aliphatic carbocycles. The van der Waals surface area contributed by atoms with Crippen molar-refractivity contribution in [3.63, 3.8) is 0 Å². The first kappa shape index (κ1) is 18.3. The standard InChI is InChI=1S/C25H25NO3/c1-14-10-18-15(11-20-19(18)13-24(2,3)29-25(20,4)5)12-21(14)26-22(27)16-8-6-7-9-17(16)23(26)28/h6-10,12-13,20H,11H2,1-5H3/t20-/m0/s1. The van der Waals surface area contributed by atoms with Crippen LogP contribution < -0.4 is 4.90 Å². The molecule has 2 aliphatic heterocycles. The summed E-state index contributed by atoms with van der Waals surface area (Å²) in [4.78, 5) is 27.3. The van der Waals surface area contributed by atoms with Crippen LogP contribution >= 0.6 is 0 Å². The Balaban J connectivity index is 1.62. The molecule has 0 N–H and O–H groups in total. The summed E-state index contributed by atoms with van der Waals surface area (Å²) in [7, 11) is 0. The van der Waals surface area contributed by atoms with Gasteiger partial charge in [-0.05, 0) is 93.6 Å². The van der Waals surface area contributed by atoms with E-state index in [4.69, 9.17) is 4.74 Å². The van der Waals surface area contributed by atoms with Gasteiger partial charge in [-0.15, -0.1) is 0 Å². The fourth-order valence-electron chi connectivity index (χ4n) is 5.30. The zero-order valence-electron chi connectivity index (χ0n) is 17.5. The number of rotatable bonds is 1. The average molecular weight is 387 g/mol. The Morgan fingerprint density at radius 1 is 0.966 bits per heavy atom. The zero-order valence-corrected chi connectivity index (χ0v) is 17.5. The van der Waals surface area contributed by atoms with Crippen molar-refractivity contribution in [1.82, 2.24) is 0 Å². The number of nitrogens with zero attached hydrogens (tertiary/aromatic N) is 1. The molecule has 0 fully saturated rings. The molecule has 0 bridgehead atoms. The number of aryl methyl sites for hydroxylation is 1. The topological polar surface area (TPSA) is 46.6 Å². The molecular weight excluding hydrogens is 362 g/mol. The Bertz CT molecular complexity index is 1090. The van der Waals surface area contributed by atoms with E-state index in [9.17, 15) is 9.59 Å². The van der Waals surface area contributed by atoms with E-state index in [-0.39, 0.29) is 28.9 Å². The maximum Gasteiger partial charge on any atom is 0.266 e. The monoisotopic (exact) mass is 387 g/mol. The van der Waals surface area contributed by atoms with Crippen LogP contribution in [0.3, 0.4) is 0 Å². The predicted molar refractivity (Wildman–Crippen MR) is 113 cm³/mol. The molecule has 2 amide bonds. The van der Waals surface area contributed by atoms with E-state index in [1.54, 1.807) is 24.3 Å². The van der Waals surface area contributed by atoms with E-state index in [1.807, 2.05) is 13.0 Å². The van der Waals surface area contributed by atoms with Gasteiger partial charge in [0.15, 0.2) is 0 Å². The van der Waals surface area contributed by atoms with Gasteiger partial charge in [-0.2, -0.15) is 0 Å². The van der Waals surface area contributed by atoms with Crippen molar-refractivity contribution < 1.29 is 14.3 Å². The van der Waals surface area contributed by atoms with Gasteiger partial charge in [0.2, 0.25) is 0 Å². The molecule has 2 aromatic rings. The second-order valence-corrected chi connectivity index (χ2v) is 9.45. The van der Waals surface area contributed by atoms with Gasteiger partial charge in [0.05, 0.1) is 28.0 Å². The normalized spacial score (nSPS) is 23.6.